The van der Waals surface area contributed by atoms with Crippen LogP contribution in [0.4, 0.5) is 5.13 Å². The van der Waals surface area contributed by atoms with Gasteiger partial charge in [-0.25, -0.2) is 9.78 Å². The molecule has 0 radical (unpaired) electrons. The zero-order valence-electron chi connectivity index (χ0n) is 8.39. The van der Waals surface area contributed by atoms with Crippen molar-refractivity contribution in [3.63, 3.8) is 0 Å². The zero-order valence-corrected chi connectivity index (χ0v) is 9.21. The van der Waals surface area contributed by atoms with Crippen molar-refractivity contribution < 1.29 is 14.4 Å². The van der Waals surface area contributed by atoms with Crippen molar-refractivity contribution in [1.82, 2.24) is 4.98 Å². The molecular weight excluding hydrogens is 218 g/mol. The van der Waals surface area contributed by atoms with E-state index < -0.39 is 5.97 Å². The average Bonchev–Trinajstić information content (AvgIpc) is 2.65. The van der Waals surface area contributed by atoms with Crippen molar-refractivity contribution in [2.24, 2.45) is 5.16 Å². The molecule has 0 saturated heterocycles. The fraction of sp³-hybridized carbons (Fsp3) is 0.375. The highest BCUT2D eigenvalue weighted by Crippen LogP contribution is 2.12. The number of methoxy groups -OCH3 is 1. The van der Waals surface area contributed by atoms with E-state index in [1.807, 2.05) is 0 Å². The maximum absolute atomic E-state index is 11.3. The summed E-state index contributed by atoms with van der Waals surface area (Å²) in [7, 11) is 1.26. The number of nitrogen functional groups attached to an aromatic ring is 1. The lowest BCUT2D eigenvalue weighted by molar-refractivity contribution is -0.132. The smallest absolute Gasteiger partial charge is 0.362 e. The van der Waals surface area contributed by atoms with Gasteiger partial charge in [0.25, 0.3) is 0 Å². The van der Waals surface area contributed by atoms with E-state index >= 15 is 0 Å². The predicted octanol–water partition coefficient (Wildman–Crippen LogP) is 0.639. The fourth-order valence-electron chi connectivity index (χ4n) is 0.811. The van der Waals surface area contributed by atoms with Crippen molar-refractivity contribution in [3.05, 3.63) is 11.1 Å². The standard InChI is InChI=1S/C8H11N3O3S/c1-3-14-11-6(7(12)13-2)5-4-15-8(9)10-5/h4H,3H2,1-2H3,(H2,9,10). The highest BCUT2D eigenvalue weighted by Gasteiger charge is 2.18. The number of hydrogen-bond acceptors (Lipinski definition) is 7. The Morgan fingerprint density at radius 3 is 2.93 bits per heavy atom. The van der Waals surface area contributed by atoms with Crippen LogP contribution >= 0.6 is 11.3 Å². The first-order valence-corrected chi connectivity index (χ1v) is 5.06. The van der Waals surface area contributed by atoms with Crippen LogP contribution in [0.1, 0.15) is 12.6 Å². The average molecular weight is 229 g/mol. The highest BCUT2D eigenvalue weighted by molar-refractivity contribution is 7.13. The molecule has 1 rings (SSSR count). The van der Waals surface area contributed by atoms with E-state index in [2.05, 4.69) is 14.9 Å². The van der Waals surface area contributed by atoms with Crippen LogP contribution in [0.15, 0.2) is 10.5 Å². The number of carbonyl (C=O) groups excluding carboxylic acids is 1. The summed E-state index contributed by atoms with van der Waals surface area (Å²) in [6, 6.07) is 0. The lowest BCUT2D eigenvalue weighted by atomic mass is 10.3. The van der Waals surface area contributed by atoms with Crippen LogP contribution < -0.4 is 5.73 Å². The number of esters is 1. The second kappa shape index (κ2) is 5.30. The van der Waals surface area contributed by atoms with E-state index in [-0.39, 0.29) is 5.71 Å². The third kappa shape index (κ3) is 2.91. The minimum Gasteiger partial charge on any atom is -0.464 e. The van der Waals surface area contributed by atoms with Gasteiger partial charge in [-0.15, -0.1) is 11.3 Å². The fourth-order valence-corrected chi connectivity index (χ4v) is 1.36. The molecular formula is C8H11N3O3S. The van der Waals surface area contributed by atoms with Crippen molar-refractivity contribution in [1.29, 1.82) is 0 Å². The summed E-state index contributed by atoms with van der Waals surface area (Å²) in [5.41, 5.74) is 5.83. The summed E-state index contributed by atoms with van der Waals surface area (Å²) in [5.74, 6) is -0.603. The number of thiazole rings is 1. The van der Waals surface area contributed by atoms with E-state index in [0.29, 0.717) is 17.4 Å². The number of oxime groups is 1. The quantitative estimate of drug-likeness (QED) is 0.465. The Labute approximate surface area is 90.7 Å². The Balaban J connectivity index is 2.95. The van der Waals surface area contributed by atoms with Gasteiger partial charge in [-0.3, -0.25) is 0 Å². The Morgan fingerprint density at radius 2 is 2.47 bits per heavy atom. The molecule has 0 saturated carbocycles. The van der Waals surface area contributed by atoms with E-state index in [4.69, 9.17) is 10.6 Å². The normalized spacial score (nSPS) is 11.2. The summed E-state index contributed by atoms with van der Waals surface area (Å²) in [6.45, 7) is 2.12. The Kier molecular flexibility index (Phi) is 4.04. The molecule has 7 heteroatoms. The molecule has 6 nitrogen and oxygen atoms in total. The molecule has 1 heterocycles. The molecule has 15 heavy (non-hydrogen) atoms. The van der Waals surface area contributed by atoms with Crippen LogP contribution in [0, 0.1) is 0 Å². The predicted molar refractivity (Wildman–Crippen MR) is 56.7 cm³/mol. The monoisotopic (exact) mass is 229 g/mol. The molecule has 0 aliphatic heterocycles. The maximum Gasteiger partial charge on any atom is 0.362 e. The summed E-state index contributed by atoms with van der Waals surface area (Å²) in [6.07, 6.45) is 0. The Bertz CT molecular complexity index is 375. The number of aromatic nitrogens is 1. The molecule has 0 atom stereocenters. The molecule has 0 spiro atoms. The van der Waals surface area contributed by atoms with Crippen molar-refractivity contribution in [2.45, 2.75) is 6.92 Å². The topological polar surface area (TPSA) is 86.8 Å². The Morgan fingerprint density at radius 1 is 1.73 bits per heavy atom. The zero-order chi connectivity index (χ0) is 11.3. The molecule has 82 valence electrons. The van der Waals surface area contributed by atoms with Gasteiger partial charge in [-0.2, -0.15) is 0 Å². The molecule has 0 aliphatic rings. The van der Waals surface area contributed by atoms with Gasteiger partial charge in [0.05, 0.1) is 7.11 Å². The molecule has 0 unspecified atom stereocenters. The van der Waals surface area contributed by atoms with E-state index in [1.54, 1.807) is 12.3 Å². The number of rotatable bonds is 4. The number of hydrogen-bond donors (Lipinski definition) is 1. The van der Waals surface area contributed by atoms with Crippen LogP contribution in [-0.2, 0) is 14.4 Å². The number of ether oxygens (including phenoxy) is 1. The lowest BCUT2D eigenvalue weighted by Gasteiger charge is -2.00. The van der Waals surface area contributed by atoms with Crippen LogP contribution in [0.3, 0.4) is 0 Å². The van der Waals surface area contributed by atoms with Gasteiger partial charge in [0, 0.05) is 5.38 Å². The highest BCUT2D eigenvalue weighted by atomic mass is 32.1. The van der Waals surface area contributed by atoms with Crippen LogP contribution in [0.5, 0.6) is 0 Å². The van der Waals surface area contributed by atoms with Gasteiger partial charge in [0.15, 0.2) is 5.13 Å². The van der Waals surface area contributed by atoms with E-state index in [0.717, 1.165) is 0 Å². The first-order chi connectivity index (χ1) is 7.19. The SMILES string of the molecule is CCON=C(C(=O)OC)c1csc(N)n1. The Hall–Kier alpha value is -1.63. The van der Waals surface area contributed by atoms with Gasteiger partial charge < -0.3 is 15.3 Å². The number of carbonyl (C=O) groups is 1. The maximum atomic E-state index is 11.3. The van der Waals surface area contributed by atoms with Crippen molar-refractivity contribution in [3.8, 4) is 0 Å². The van der Waals surface area contributed by atoms with Gasteiger partial charge in [0.2, 0.25) is 5.71 Å². The van der Waals surface area contributed by atoms with Crippen molar-refractivity contribution in [2.75, 3.05) is 19.5 Å². The minimum absolute atomic E-state index is 0.0206. The summed E-state index contributed by atoms with van der Waals surface area (Å²) in [5, 5.41) is 5.60. The summed E-state index contributed by atoms with van der Waals surface area (Å²) < 4.78 is 4.55. The van der Waals surface area contributed by atoms with Gasteiger partial charge >= 0.3 is 5.97 Å². The largest absolute Gasteiger partial charge is 0.464 e. The van der Waals surface area contributed by atoms with Crippen LogP contribution in [0.2, 0.25) is 0 Å². The first-order valence-electron chi connectivity index (χ1n) is 4.18. The van der Waals surface area contributed by atoms with Crippen LogP contribution in [-0.4, -0.2) is 30.4 Å². The second-order valence-corrected chi connectivity index (χ2v) is 3.31. The van der Waals surface area contributed by atoms with Gasteiger partial charge in [0.1, 0.15) is 12.3 Å². The molecule has 0 aromatic carbocycles. The number of nitrogens with zero attached hydrogens (tertiary/aromatic N) is 2. The van der Waals surface area contributed by atoms with Gasteiger partial charge in [-0.1, -0.05) is 5.16 Å². The summed E-state index contributed by atoms with van der Waals surface area (Å²) in [4.78, 5) is 20.0. The number of nitrogens with two attached hydrogens (primary N) is 1. The molecule has 0 fully saturated rings. The third-order valence-electron chi connectivity index (χ3n) is 1.43. The molecule has 0 aliphatic carbocycles. The second-order valence-electron chi connectivity index (χ2n) is 2.42. The van der Waals surface area contributed by atoms with E-state index in [1.165, 1.54) is 18.4 Å². The molecule has 0 amide bonds. The summed E-state index contributed by atoms with van der Waals surface area (Å²) >= 11 is 1.22. The number of anilines is 1. The first kappa shape index (κ1) is 11.4. The lowest BCUT2D eigenvalue weighted by Crippen LogP contribution is -2.18. The molecule has 1 aromatic heterocycles. The van der Waals surface area contributed by atoms with Crippen LogP contribution in [0.25, 0.3) is 0 Å². The van der Waals surface area contributed by atoms with E-state index in [9.17, 15) is 4.79 Å². The van der Waals surface area contributed by atoms with Crippen molar-refractivity contribution >= 4 is 28.1 Å². The molecule has 0 bridgehead atoms. The third-order valence-corrected chi connectivity index (χ3v) is 2.10. The minimum atomic E-state index is -0.603. The molecule has 2 N–H and O–H groups in total. The van der Waals surface area contributed by atoms with Gasteiger partial charge in [-0.05, 0) is 6.92 Å². The molecule has 1 aromatic rings.